The molecule has 0 saturated heterocycles. The second-order valence-electron chi connectivity index (χ2n) is 5.92. The summed E-state index contributed by atoms with van der Waals surface area (Å²) in [4.78, 5) is 16.7. The number of pyridine rings is 1. The van der Waals surface area contributed by atoms with Crippen molar-refractivity contribution in [3.63, 3.8) is 0 Å². The summed E-state index contributed by atoms with van der Waals surface area (Å²) in [7, 11) is 0. The highest BCUT2D eigenvalue weighted by molar-refractivity contribution is 8.00. The molecule has 128 valence electrons. The number of amides is 1. The molecule has 7 nitrogen and oxygen atoms in total. The molecular formula is C17H17N5O2S. The van der Waals surface area contributed by atoms with Crippen LogP contribution in [0, 0.1) is 20.8 Å². The third kappa shape index (κ3) is 2.62. The average molecular weight is 355 g/mol. The Morgan fingerprint density at radius 2 is 2.08 bits per heavy atom. The lowest BCUT2D eigenvalue weighted by molar-refractivity contribution is -0.113. The molecule has 4 heterocycles. The van der Waals surface area contributed by atoms with Gasteiger partial charge in [-0.2, -0.15) is 9.78 Å². The molecule has 25 heavy (non-hydrogen) atoms. The van der Waals surface area contributed by atoms with Crippen molar-refractivity contribution in [2.75, 3.05) is 11.1 Å². The molecule has 0 aliphatic carbocycles. The van der Waals surface area contributed by atoms with E-state index < -0.39 is 0 Å². The lowest BCUT2D eigenvalue weighted by atomic mass is 10.0. The van der Waals surface area contributed by atoms with E-state index in [1.807, 2.05) is 39.0 Å². The van der Waals surface area contributed by atoms with Crippen molar-refractivity contribution >= 4 is 23.5 Å². The molecule has 4 rings (SSSR count). The van der Waals surface area contributed by atoms with Crippen LogP contribution in [0.3, 0.4) is 0 Å². The first-order valence-electron chi connectivity index (χ1n) is 7.91. The summed E-state index contributed by atoms with van der Waals surface area (Å²) in [6.45, 7) is 5.76. The van der Waals surface area contributed by atoms with Gasteiger partial charge < -0.3 is 9.84 Å². The van der Waals surface area contributed by atoms with E-state index in [1.54, 1.807) is 22.6 Å². The van der Waals surface area contributed by atoms with Crippen LogP contribution in [0.25, 0.3) is 5.82 Å². The number of thioether (sulfide) groups is 1. The fourth-order valence-electron chi connectivity index (χ4n) is 3.12. The summed E-state index contributed by atoms with van der Waals surface area (Å²) >= 11 is 1.56. The summed E-state index contributed by atoms with van der Waals surface area (Å²) in [5.41, 5.74) is 3.66. The van der Waals surface area contributed by atoms with E-state index in [2.05, 4.69) is 20.6 Å². The number of fused-ring (bicyclic) bond motifs is 1. The van der Waals surface area contributed by atoms with Gasteiger partial charge in [-0.05, 0) is 32.9 Å². The molecule has 0 spiro atoms. The van der Waals surface area contributed by atoms with Gasteiger partial charge in [0, 0.05) is 17.3 Å². The van der Waals surface area contributed by atoms with E-state index in [1.165, 1.54) is 0 Å². The van der Waals surface area contributed by atoms with Crippen molar-refractivity contribution < 1.29 is 9.32 Å². The lowest BCUT2D eigenvalue weighted by Gasteiger charge is -2.14. The Bertz CT molecular complexity index is 928. The van der Waals surface area contributed by atoms with Crippen molar-refractivity contribution in [1.82, 2.24) is 19.9 Å². The minimum Gasteiger partial charge on any atom is -0.361 e. The van der Waals surface area contributed by atoms with Gasteiger partial charge in [-0.1, -0.05) is 11.2 Å². The molecule has 0 bridgehead atoms. The van der Waals surface area contributed by atoms with E-state index in [-0.39, 0.29) is 11.2 Å². The fraction of sp³-hybridized carbons (Fsp3) is 0.294. The Morgan fingerprint density at radius 1 is 1.24 bits per heavy atom. The SMILES string of the molecule is Cc1noc(C)c1[C@H]1SCC(=O)Nc2c1c(C)nn2-c1ccccn1. The molecule has 1 atom stereocenters. The van der Waals surface area contributed by atoms with Gasteiger partial charge in [0.2, 0.25) is 5.91 Å². The van der Waals surface area contributed by atoms with Crippen LogP contribution in [0.2, 0.25) is 0 Å². The molecule has 0 radical (unpaired) electrons. The van der Waals surface area contributed by atoms with Crippen LogP contribution in [-0.4, -0.2) is 31.6 Å². The average Bonchev–Trinajstić information content (AvgIpc) is 3.04. The number of aromatic nitrogens is 4. The van der Waals surface area contributed by atoms with Crippen LogP contribution in [0.1, 0.15) is 33.5 Å². The van der Waals surface area contributed by atoms with Crippen molar-refractivity contribution in [3.05, 3.63) is 52.7 Å². The molecule has 0 unspecified atom stereocenters. The number of aryl methyl sites for hydroxylation is 3. The number of hydrogen-bond donors (Lipinski definition) is 1. The number of hydrogen-bond acceptors (Lipinski definition) is 6. The van der Waals surface area contributed by atoms with Crippen LogP contribution in [0.15, 0.2) is 28.9 Å². The number of nitrogens with zero attached hydrogens (tertiary/aromatic N) is 4. The molecule has 3 aromatic heterocycles. The lowest BCUT2D eigenvalue weighted by Crippen LogP contribution is -2.16. The summed E-state index contributed by atoms with van der Waals surface area (Å²) in [6, 6.07) is 5.60. The minimum atomic E-state index is -0.0716. The first-order valence-corrected chi connectivity index (χ1v) is 8.96. The van der Waals surface area contributed by atoms with Gasteiger partial charge in [0.15, 0.2) is 5.82 Å². The zero-order valence-electron chi connectivity index (χ0n) is 14.1. The maximum atomic E-state index is 12.3. The third-order valence-corrected chi connectivity index (χ3v) is 5.46. The molecule has 3 aromatic rings. The molecule has 1 amide bonds. The Hall–Kier alpha value is -2.61. The first-order chi connectivity index (χ1) is 12.1. The Morgan fingerprint density at radius 3 is 2.76 bits per heavy atom. The topological polar surface area (TPSA) is 85.8 Å². The van der Waals surface area contributed by atoms with Gasteiger partial charge >= 0.3 is 0 Å². The van der Waals surface area contributed by atoms with E-state index in [0.717, 1.165) is 28.3 Å². The quantitative estimate of drug-likeness (QED) is 0.761. The van der Waals surface area contributed by atoms with Gasteiger partial charge in [-0.25, -0.2) is 4.98 Å². The number of carbonyl (C=O) groups excluding carboxylic acids is 1. The molecular weight excluding hydrogens is 338 g/mol. The minimum absolute atomic E-state index is 0.0578. The predicted molar refractivity (Wildman–Crippen MR) is 95.0 cm³/mol. The zero-order valence-corrected chi connectivity index (χ0v) is 14.9. The van der Waals surface area contributed by atoms with Gasteiger partial charge in [-0.3, -0.25) is 4.79 Å². The highest BCUT2D eigenvalue weighted by Gasteiger charge is 2.33. The van der Waals surface area contributed by atoms with E-state index in [4.69, 9.17) is 4.52 Å². The molecule has 1 aliphatic heterocycles. The van der Waals surface area contributed by atoms with E-state index in [9.17, 15) is 4.79 Å². The molecule has 1 aliphatic rings. The summed E-state index contributed by atoms with van der Waals surface area (Å²) in [6.07, 6.45) is 1.71. The highest BCUT2D eigenvalue weighted by atomic mass is 32.2. The maximum absolute atomic E-state index is 12.3. The summed E-state index contributed by atoms with van der Waals surface area (Å²) < 4.78 is 7.05. The van der Waals surface area contributed by atoms with E-state index in [0.29, 0.717) is 17.4 Å². The van der Waals surface area contributed by atoms with Crippen molar-refractivity contribution in [3.8, 4) is 5.82 Å². The van der Waals surface area contributed by atoms with Crippen LogP contribution in [0.4, 0.5) is 5.82 Å². The second-order valence-corrected chi connectivity index (χ2v) is 7.02. The standard InChI is InChI=1S/C17H17N5O2S/c1-9-15-16(14-10(2)21-24-11(14)3)25-8-13(23)19-17(15)22(20-9)12-6-4-5-7-18-12/h4-7,16H,8H2,1-3H3,(H,19,23)/t16-/m1/s1. The molecule has 0 aromatic carbocycles. The largest absolute Gasteiger partial charge is 0.361 e. The number of anilines is 1. The zero-order chi connectivity index (χ0) is 17.6. The fourth-order valence-corrected chi connectivity index (χ4v) is 4.46. The monoisotopic (exact) mass is 355 g/mol. The van der Waals surface area contributed by atoms with Crippen molar-refractivity contribution in [1.29, 1.82) is 0 Å². The summed E-state index contributed by atoms with van der Waals surface area (Å²) in [5, 5.41) is 11.6. The van der Waals surface area contributed by atoms with Crippen molar-refractivity contribution in [2.45, 2.75) is 26.0 Å². The number of nitrogens with one attached hydrogen (secondary N) is 1. The number of rotatable bonds is 2. The maximum Gasteiger partial charge on any atom is 0.235 e. The smallest absolute Gasteiger partial charge is 0.235 e. The third-order valence-electron chi connectivity index (χ3n) is 4.22. The Labute approximate surface area is 148 Å². The van der Waals surface area contributed by atoms with Gasteiger partial charge in [0.05, 0.1) is 22.4 Å². The normalized spacial score (nSPS) is 17.1. The molecule has 0 saturated carbocycles. The van der Waals surface area contributed by atoms with Gasteiger partial charge in [-0.15, -0.1) is 11.8 Å². The molecule has 0 fully saturated rings. The second kappa shape index (κ2) is 6.03. The predicted octanol–water partition coefficient (Wildman–Crippen LogP) is 2.96. The Balaban J connectivity index is 1.94. The van der Waals surface area contributed by atoms with Crippen LogP contribution >= 0.6 is 11.8 Å². The molecule has 1 N–H and O–H groups in total. The van der Waals surface area contributed by atoms with Crippen LogP contribution < -0.4 is 5.32 Å². The van der Waals surface area contributed by atoms with Gasteiger partial charge in [0.1, 0.15) is 11.6 Å². The first kappa shape index (κ1) is 15.9. The van der Waals surface area contributed by atoms with Crippen molar-refractivity contribution in [2.24, 2.45) is 0 Å². The van der Waals surface area contributed by atoms with Crippen LogP contribution in [0.5, 0.6) is 0 Å². The molecule has 8 heteroatoms. The van der Waals surface area contributed by atoms with E-state index >= 15 is 0 Å². The number of carbonyl (C=O) groups is 1. The van der Waals surface area contributed by atoms with Gasteiger partial charge in [0.25, 0.3) is 0 Å². The van der Waals surface area contributed by atoms with Crippen LogP contribution in [-0.2, 0) is 4.79 Å². The summed E-state index contributed by atoms with van der Waals surface area (Å²) in [5.74, 6) is 2.39. The highest BCUT2D eigenvalue weighted by Crippen LogP contribution is 2.45. The Kier molecular flexibility index (Phi) is 3.84.